The fraction of sp³-hybridized carbons (Fsp3) is 0.333. The van der Waals surface area contributed by atoms with Gasteiger partial charge in [-0.2, -0.15) is 0 Å². The molecule has 3 nitrogen and oxygen atoms in total. The monoisotopic (exact) mass is 272 g/mol. The summed E-state index contributed by atoms with van der Waals surface area (Å²) in [6.45, 7) is 2.22. The Hall–Kier alpha value is -1.68. The summed E-state index contributed by atoms with van der Waals surface area (Å²) in [4.78, 5) is 15.3. The van der Waals surface area contributed by atoms with E-state index < -0.39 is 0 Å². The van der Waals surface area contributed by atoms with E-state index >= 15 is 0 Å². The summed E-state index contributed by atoms with van der Waals surface area (Å²) in [5.74, 6) is 0.501. The van der Waals surface area contributed by atoms with Crippen LogP contribution < -0.4 is 5.32 Å². The summed E-state index contributed by atoms with van der Waals surface area (Å²) < 4.78 is 0. The van der Waals surface area contributed by atoms with Crippen LogP contribution in [0.15, 0.2) is 24.4 Å². The van der Waals surface area contributed by atoms with Gasteiger partial charge in [-0.1, -0.05) is 18.3 Å². The minimum absolute atomic E-state index is 0.0175. The van der Waals surface area contributed by atoms with Crippen LogP contribution in [-0.4, -0.2) is 22.3 Å². The van der Waals surface area contributed by atoms with Crippen LogP contribution in [-0.2, 0) is 11.2 Å². The minimum Gasteiger partial charge on any atom is -0.361 e. The molecule has 19 heavy (non-hydrogen) atoms. The van der Waals surface area contributed by atoms with Crippen LogP contribution in [0.3, 0.4) is 0 Å². The van der Waals surface area contributed by atoms with Crippen molar-refractivity contribution < 1.29 is 4.79 Å². The van der Waals surface area contributed by atoms with E-state index in [0.717, 1.165) is 23.2 Å². The molecule has 1 aliphatic carbocycles. The second-order valence-electron chi connectivity index (χ2n) is 5.07. The topological polar surface area (TPSA) is 44.9 Å². The van der Waals surface area contributed by atoms with Gasteiger partial charge >= 0.3 is 0 Å². The molecule has 0 aliphatic heterocycles. The molecule has 1 aromatic carbocycles. The molecule has 1 aromatic heterocycles. The molecular weight excluding hydrogens is 256 g/mol. The number of hydrogen-bond donors (Lipinski definition) is 2. The van der Waals surface area contributed by atoms with Crippen molar-refractivity contribution in [3.8, 4) is 0 Å². The number of nitrogens with one attached hydrogen (secondary N) is 2. The number of hydrogen-bond acceptors (Lipinski definition) is 2. The molecule has 1 atom stereocenters. The number of aromatic amines is 1. The first kappa shape index (κ1) is 12.4. The molecule has 1 aliphatic rings. The summed E-state index contributed by atoms with van der Waals surface area (Å²) >= 11 is 5.23. The summed E-state index contributed by atoms with van der Waals surface area (Å²) in [6.07, 6.45) is 3.92. The molecule has 2 aromatic rings. The van der Waals surface area contributed by atoms with E-state index in [4.69, 9.17) is 12.2 Å². The molecule has 0 spiro atoms. The van der Waals surface area contributed by atoms with Crippen molar-refractivity contribution in [1.82, 2.24) is 10.3 Å². The molecule has 1 amide bonds. The predicted octanol–water partition coefficient (Wildman–Crippen LogP) is 2.70. The molecule has 1 saturated carbocycles. The smallest absolute Gasteiger partial charge is 0.216 e. The average molecular weight is 272 g/mol. The third kappa shape index (κ3) is 2.54. The highest BCUT2D eigenvalue weighted by atomic mass is 32.1. The molecule has 0 saturated heterocycles. The SMILES string of the molecule is CC(=O)NCCc1c[nH]c2ccc(C3CC3=S)cc12. The first-order valence-electron chi connectivity index (χ1n) is 6.52. The summed E-state index contributed by atoms with van der Waals surface area (Å²) in [5, 5.41) is 4.08. The van der Waals surface area contributed by atoms with E-state index in [1.165, 1.54) is 16.5 Å². The maximum atomic E-state index is 10.9. The van der Waals surface area contributed by atoms with Gasteiger partial charge in [0.2, 0.25) is 5.91 Å². The zero-order valence-corrected chi connectivity index (χ0v) is 11.6. The van der Waals surface area contributed by atoms with Crippen molar-refractivity contribution in [2.75, 3.05) is 6.54 Å². The van der Waals surface area contributed by atoms with E-state index in [2.05, 4.69) is 28.5 Å². The zero-order valence-electron chi connectivity index (χ0n) is 10.8. The van der Waals surface area contributed by atoms with Crippen LogP contribution in [0.5, 0.6) is 0 Å². The molecule has 4 heteroatoms. The van der Waals surface area contributed by atoms with Crippen molar-refractivity contribution in [2.45, 2.75) is 25.7 Å². The lowest BCUT2D eigenvalue weighted by Crippen LogP contribution is -2.22. The number of carbonyl (C=O) groups excluding carboxylic acids is 1. The van der Waals surface area contributed by atoms with E-state index in [9.17, 15) is 4.79 Å². The Kier molecular flexibility index (Phi) is 3.11. The van der Waals surface area contributed by atoms with Gasteiger partial charge in [0.15, 0.2) is 0 Å². The number of thiocarbonyl (C=S) groups is 1. The van der Waals surface area contributed by atoms with Gasteiger partial charge in [0.05, 0.1) is 0 Å². The first-order valence-corrected chi connectivity index (χ1v) is 6.93. The van der Waals surface area contributed by atoms with Crippen LogP contribution >= 0.6 is 12.2 Å². The molecule has 1 heterocycles. The summed E-state index contributed by atoms with van der Waals surface area (Å²) in [5.41, 5.74) is 3.71. The fourth-order valence-corrected chi connectivity index (χ4v) is 2.74. The van der Waals surface area contributed by atoms with Gasteiger partial charge in [-0.25, -0.2) is 0 Å². The molecule has 1 unspecified atom stereocenters. The van der Waals surface area contributed by atoms with Crippen LogP contribution in [0.1, 0.15) is 30.4 Å². The number of H-pyrrole nitrogens is 1. The second-order valence-corrected chi connectivity index (χ2v) is 5.60. The summed E-state index contributed by atoms with van der Waals surface area (Å²) in [7, 11) is 0. The number of amides is 1. The standard InChI is InChI=1S/C15H16N2OS/c1-9(18)16-5-4-11-8-17-14-3-2-10(6-12(11)14)13-7-15(13)19/h2-3,6,8,13,17H,4-5,7H2,1H3,(H,16,18). The van der Waals surface area contributed by atoms with Gasteiger partial charge < -0.3 is 10.3 Å². The van der Waals surface area contributed by atoms with Crippen molar-refractivity contribution >= 4 is 33.9 Å². The van der Waals surface area contributed by atoms with Crippen molar-refractivity contribution in [2.24, 2.45) is 0 Å². The quantitative estimate of drug-likeness (QED) is 0.841. The highest BCUT2D eigenvalue weighted by Crippen LogP contribution is 2.38. The number of rotatable bonds is 4. The number of benzene rings is 1. The van der Waals surface area contributed by atoms with Crippen LogP contribution in [0.2, 0.25) is 0 Å². The first-order chi connectivity index (χ1) is 9.15. The number of fused-ring (bicyclic) bond motifs is 1. The Morgan fingerprint density at radius 1 is 1.53 bits per heavy atom. The molecule has 0 bridgehead atoms. The van der Waals surface area contributed by atoms with E-state index in [0.29, 0.717) is 12.5 Å². The van der Waals surface area contributed by atoms with E-state index in [-0.39, 0.29) is 5.91 Å². The molecule has 98 valence electrons. The van der Waals surface area contributed by atoms with Gasteiger partial charge in [0.25, 0.3) is 0 Å². The third-order valence-electron chi connectivity index (χ3n) is 3.60. The maximum Gasteiger partial charge on any atom is 0.216 e. The lowest BCUT2D eigenvalue weighted by Gasteiger charge is -2.02. The van der Waals surface area contributed by atoms with Crippen LogP contribution in [0.25, 0.3) is 10.9 Å². The molecule has 3 rings (SSSR count). The summed E-state index contributed by atoms with van der Waals surface area (Å²) in [6, 6.07) is 6.51. The van der Waals surface area contributed by atoms with E-state index in [1.807, 2.05) is 6.20 Å². The number of carbonyl (C=O) groups is 1. The Bertz CT molecular complexity index is 659. The highest BCUT2D eigenvalue weighted by Gasteiger charge is 2.31. The van der Waals surface area contributed by atoms with Crippen molar-refractivity contribution in [3.05, 3.63) is 35.5 Å². The van der Waals surface area contributed by atoms with Crippen LogP contribution in [0.4, 0.5) is 0 Å². The Balaban J connectivity index is 1.83. The van der Waals surface area contributed by atoms with Gasteiger partial charge in [-0.05, 0) is 36.1 Å². The van der Waals surface area contributed by atoms with E-state index in [1.54, 1.807) is 6.92 Å². The Morgan fingerprint density at radius 3 is 3.00 bits per heavy atom. The van der Waals surface area contributed by atoms with Crippen molar-refractivity contribution in [1.29, 1.82) is 0 Å². The average Bonchev–Trinajstić information content (AvgIpc) is 2.97. The van der Waals surface area contributed by atoms with Gasteiger partial charge in [-0.15, -0.1) is 0 Å². The Labute approximate surface area is 117 Å². The third-order valence-corrected chi connectivity index (χ3v) is 4.05. The van der Waals surface area contributed by atoms with Crippen molar-refractivity contribution in [3.63, 3.8) is 0 Å². The highest BCUT2D eigenvalue weighted by molar-refractivity contribution is 7.81. The molecular formula is C15H16N2OS. The molecule has 2 N–H and O–H groups in total. The molecule has 0 radical (unpaired) electrons. The van der Waals surface area contributed by atoms with Gasteiger partial charge in [0.1, 0.15) is 0 Å². The van der Waals surface area contributed by atoms with Crippen LogP contribution in [0, 0.1) is 0 Å². The number of aromatic nitrogens is 1. The second kappa shape index (κ2) is 4.78. The largest absolute Gasteiger partial charge is 0.361 e. The van der Waals surface area contributed by atoms with Gasteiger partial charge in [0, 0.05) is 41.4 Å². The fourth-order valence-electron chi connectivity index (χ4n) is 2.44. The van der Waals surface area contributed by atoms with Gasteiger partial charge in [-0.3, -0.25) is 4.79 Å². The maximum absolute atomic E-state index is 10.9. The lowest BCUT2D eigenvalue weighted by atomic mass is 10.0. The minimum atomic E-state index is 0.0175. The lowest BCUT2D eigenvalue weighted by molar-refractivity contribution is -0.118. The molecule has 1 fully saturated rings. The Morgan fingerprint density at radius 2 is 2.32 bits per heavy atom. The predicted molar refractivity (Wildman–Crippen MR) is 80.6 cm³/mol. The normalized spacial score (nSPS) is 17.7. The zero-order chi connectivity index (χ0) is 13.4.